The summed E-state index contributed by atoms with van der Waals surface area (Å²) in [6, 6.07) is 3.48. The lowest BCUT2D eigenvalue weighted by atomic mass is 10.2. The van der Waals surface area contributed by atoms with Crippen LogP contribution in [0, 0.1) is 5.82 Å². The van der Waals surface area contributed by atoms with Crippen LogP contribution in [0.25, 0.3) is 0 Å². The molecule has 7 heteroatoms. The van der Waals surface area contributed by atoms with E-state index < -0.39 is 11.8 Å². The molecule has 1 aromatic rings. The van der Waals surface area contributed by atoms with Crippen molar-refractivity contribution in [2.45, 2.75) is 32.7 Å². The van der Waals surface area contributed by atoms with Crippen molar-refractivity contribution in [1.82, 2.24) is 10.2 Å². The highest BCUT2D eigenvalue weighted by Gasteiger charge is 2.29. The first-order chi connectivity index (χ1) is 11.0. The van der Waals surface area contributed by atoms with E-state index >= 15 is 0 Å². The second kappa shape index (κ2) is 7.80. The van der Waals surface area contributed by atoms with Gasteiger partial charge in [-0.15, -0.1) is 0 Å². The first-order valence-electron chi connectivity index (χ1n) is 7.81. The molecule has 1 aromatic carbocycles. The van der Waals surface area contributed by atoms with E-state index in [0.717, 1.165) is 6.42 Å². The van der Waals surface area contributed by atoms with E-state index in [1.807, 2.05) is 13.8 Å². The lowest BCUT2D eigenvalue weighted by Gasteiger charge is -2.16. The molecule has 3 amide bonds. The van der Waals surface area contributed by atoms with E-state index in [9.17, 15) is 14.0 Å². The summed E-state index contributed by atoms with van der Waals surface area (Å²) >= 11 is 0. The van der Waals surface area contributed by atoms with Gasteiger partial charge in [-0.05, 0) is 25.5 Å². The fourth-order valence-electron chi connectivity index (χ4n) is 2.55. The zero-order valence-electron chi connectivity index (χ0n) is 13.4. The maximum absolute atomic E-state index is 13.9. The largest absolute Gasteiger partial charge is 0.494 e. The second-order valence-electron chi connectivity index (χ2n) is 5.41. The highest BCUT2D eigenvalue weighted by molar-refractivity contribution is 5.90. The maximum atomic E-state index is 13.9. The van der Waals surface area contributed by atoms with E-state index in [-0.39, 0.29) is 24.1 Å². The van der Waals surface area contributed by atoms with Crippen molar-refractivity contribution >= 4 is 17.6 Å². The fraction of sp³-hybridized carbons (Fsp3) is 0.500. The van der Waals surface area contributed by atoms with Gasteiger partial charge in [0.05, 0.1) is 18.3 Å². The molecule has 1 heterocycles. The standard InChI is InChI=1S/C16H22FN3O3/c1-3-7-20-10-11(8-15(20)21)18-16(22)19-14-6-5-12(23-4-2)9-13(14)17/h5-6,9,11H,3-4,7-8,10H2,1-2H3,(H2,18,19,22)/t11-/m0/s1. The van der Waals surface area contributed by atoms with Crippen LogP contribution in [0.5, 0.6) is 5.75 Å². The molecule has 0 bridgehead atoms. The van der Waals surface area contributed by atoms with Gasteiger partial charge in [0.15, 0.2) is 0 Å². The van der Waals surface area contributed by atoms with E-state index in [1.54, 1.807) is 11.0 Å². The van der Waals surface area contributed by atoms with Crippen molar-refractivity contribution in [2.24, 2.45) is 0 Å². The number of urea groups is 1. The summed E-state index contributed by atoms with van der Waals surface area (Å²) in [5, 5.41) is 5.16. The van der Waals surface area contributed by atoms with Crippen LogP contribution in [-0.2, 0) is 4.79 Å². The predicted molar refractivity (Wildman–Crippen MR) is 85.0 cm³/mol. The third-order valence-electron chi connectivity index (χ3n) is 3.54. The molecule has 1 aliphatic heterocycles. The van der Waals surface area contributed by atoms with Crippen molar-refractivity contribution in [3.05, 3.63) is 24.0 Å². The Morgan fingerprint density at radius 2 is 2.22 bits per heavy atom. The number of rotatable bonds is 6. The lowest BCUT2D eigenvalue weighted by Crippen LogP contribution is -2.39. The number of anilines is 1. The number of hydrogen-bond donors (Lipinski definition) is 2. The Morgan fingerprint density at radius 1 is 1.43 bits per heavy atom. The Balaban J connectivity index is 1.89. The predicted octanol–water partition coefficient (Wildman–Crippen LogP) is 2.36. The van der Waals surface area contributed by atoms with Gasteiger partial charge in [-0.2, -0.15) is 0 Å². The van der Waals surface area contributed by atoms with Crippen LogP contribution >= 0.6 is 0 Å². The Bertz CT molecular complexity index is 580. The smallest absolute Gasteiger partial charge is 0.319 e. The van der Waals surface area contributed by atoms with E-state index in [2.05, 4.69) is 10.6 Å². The molecule has 0 unspecified atom stereocenters. The molecule has 1 fully saturated rings. The van der Waals surface area contributed by atoms with E-state index in [0.29, 0.717) is 25.4 Å². The van der Waals surface area contributed by atoms with Gasteiger partial charge >= 0.3 is 6.03 Å². The molecule has 2 rings (SSSR count). The average molecular weight is 323 g/mol. The Labute approximate surface area is 135 Å². The van der Waals surface area contributed by atoms with Gasteiger partial charge in [0.25, 0.3) is 0 Å². The summed E-state index contributed by atoms with van der Waals surface area (Å²) in [6.45, 7) is 5.42. The number of carbonyl (C=O) groups is 2. The number of halogens is 1. The summed E-state index contributed by atoms with van der Waals surface area (Å²) in [7, 11) is 0. The third-order valence-corrected chi connectivity index (χ3v) is 3.54. The number of nitrogens with zero attached hydrogens (tertiary/aromatic N) is 1. The molecule has 1 aliphatic rings. The van der Waals surface area contributed by atoms with Crippen molar-refractivity contribution in [3.63, 3.8) is 0 Å². The quantitative estimate of drug-likeness (QED) is 0.844. The van der Waals surface area contributed by atoms with Crippen LogP contribution in [0.3, 0.4) is 0 Å². The normalized spacial score (nSPS) is 17.3. The van der Waals surface area contributed by atoms with Gasteiger partial charge in [0.1, 0.15) is 11.6 Å². The average Bonchev–Trinajstić information content (AvgIpc) is 2.82. The van der Waals surface area contributed by atoms with Crippen LogP contribution in [-0.4, -0.2) is 42.6 Å². The second-order valence-corrected chi connectivity index (χ2v) is 5.41. The molecule has 126 valence electrons. The minimum Gasteiger partial charge on any atom is -0.494 e. The van der Waals surface area contributed by atoms with Crippen molar-refractivity contribution in [1.29, 1.82) is 0 Å². The highest BCUT2D eigenvalue weighted by atomic mass is 19.1. The van der Waals surface area contributed by atoms with Gasteiger partial charge in [0, 0.05) is 25.6 Å². The summed E-state index contributed by atoms with van der Waals surface area (Å²) < 4.78 is 19.1. The maximum Gasteiger partial charge on any atom is 0.319 e. The van der Waals surface area contributed by atoms with Crippen LogP contribution in [0.15, 0.2) is 18.2 Å². The van der Waals surface area contributed by atoms with Gasteiger partial charge < -0.3 is 20.3 Å². The first kappa shape index (κ1) is 17.1. The molecule has 1 atom stereocenters. The molecule has 1 saturated heterocycles. The van der Waals surface area contributed by atoms with E-state index in [4.69, 9.17) is 4.74 Å². The molecule has 0 saturated carbocycles. The number of hydrogen-bond acceptors (Lipinski definition) is 3. The molecule has 0 aromatic heterocycles. The minimum absolute atomic E-state index is 0.0318. The Morgan fingerprint density at radius 3 is 2.87 bits per heavy atom. The van der Waals surface area contributed by atoms with Crippen molar-refractivity contribution in [3.8, 4) is 5.75 Å². The molecule has 2 N–H and O–H groups in total. The summed E-state index contributed by atoms with van der Waals surface area (Å²) in [5.41, 5.74) is 0.0701. The van der Waals surface area contributed by atoms with Crippen molar-refractivity contribution < 1.29 is 18.7 Å². The summed E-state index contributed by atoms with van der Waals surface area (Å²) in [5.74, 6) is -0.127. The number of ether oxygens (including phenoxy) is 1. The Hall–Kier alpha value is -2.31. The SMILES string of the molecule is CCCN1C[C@@H](NC(=O)Nc2ccc(OCC)cc2F)CC1=O. The van der Waals surface area contributed by atoms with Crippen LogP contribution in [0.1, 0.15) is 26.7 Å². The van der Waals surface area contributed by atoms with Gasteiger partial charge in [-0.25, -0.2) is 9.18 Å². The number of amides is 3. The number of nitrogens with one attached hydrogen (secondary N) is 2. The molecule has 0 radical (unpaired) electrons. The molecule has 6 nitrogen and oxygen atoms in total. The summed E-state index contributed by atoms with van der Waals surface area (Å²) in [6.07, 6.45) is 1.15. The third kappa shape index (κ3) is 4.58. The molecular formula is C16H22FN3O3. The van der Waals surface area contributed by atoms with Gasteiger partial charge in [0.2, 0.25) is 5.91 Å². The summed E-state index contributed by atoms with van der Waals surface area (Å²) in [4.78, 5) is 25.4. The first-order valence-corrected chi connectivity index (χ1v) is 7.81. The van der Waals surface area contributed by atoms with Crippen LogP contribution in [0.4, 0.5) is 14.9 Å². The fourth-order valence-corrected chi connectivity index (χ4v) is 2.55. The Kier molecular flexibility index (Phi) is 5.78. The zero-order chi connectivity index (χ0) is 16.8. The monoisotopic (exact) mass is 323 g/mol. The highest BCUT2D eigenvalue weighted by Crippen LogP contribution is 2.20. The molecule has 23 heavy (non-hydrogen) atoms. The van der Waals surface area contributed by atoms with Gasteiger partial charge in [-0.3, -0.25) is 4.79 Å². The minimum atomic E-state index is -0.568. The molecule has 0 spiro atoms. The van der Waals surface area contributed by atoms with Crippen molar-refractivity contribution in [2.75, 3.05) is 25.0 Å². The lowest BCUT2D eigenvalue weighted by molar-refractivity contribution is -0.127. The molecule has 0 aliphatic carbocycles. The number of benzene rings is 1. The number of carbonyl (C=O) groups excluding carboxylic acids is 2. The zero-order valence-corrected chi connectivity index (χ0v) is 13.4. The molecular weight excluding hydrogens is 301 g/mol. The topological polar surface area (TPSA) is 70.7 Å². The van der Waals surface area contributed by atoms with Crippen LogP contribution < -0.4 is 15.4 Å². The van der Waals surface area contributed by atoms with Crippen LogP contribution in [0.2, 0.25) is 0 Å². The van der Waals surface area contributed by atoms with E-state index in [1.165, 1.54) is 12.1 Å². The number of likely N-dealkylation sites (tertiary alicyclic amines) is 1. The van der Waals surface area contributed by atoms with Gasteiger partial charge in [-0.1, -0.05) is 6.92 Å².